The molecule has 0 heterocycles. The van der Waals surface area contributed by atoms with Gasteiger partial charge in [0, 0.05) is 15.2 Å². The second-order valence-corrected chi connectivity index (χ2v) is 7.47. The lowest BCUT2D eigenvalue weighted by atomic mass is 9.91. The fourth-order valence-corrected chi connectivity index (χ4v) is 4.84. The van der Waals surface area contributed by atoms with Gasteiger partial charge >= 0.3 is 0 Å². The number of rotatable bonds is 2. The molecule has 0 aliphatic heterocycles. The number of benzene rings is 2. The maximum Gasteiger partial charge on any atom is 0.0484 e. The van der Waals surface area contributed by atoms with Crippen molar-refractivity contribution in [1.29, 1.82) is 0 Å². The van der Waals surface area contributed by atoms with Crippen LogP contribution in [0.5, 0.6) is 0 Å². The van der Waals surface area contributed by atoms with E-state index in [2.05, 4.69) is 46.3 Å². The van der Waals surface area contributed by atoms with E-state index >= 15 is 0 Å². The Balaban J connectivity index is 1.76. The molecule has 2 saturated carbocycles. The van der Waals surface area contributed by atoms with Crippen molar-refractivity contribution < 1.29 is 0 Å². The molecule has 3 unspecified atom stereocenters. The summed E-state index contributed by atoms with van der Waals surface area (Å²) in [5.74, 6) is 2.86. The highest BCUT2D eigenvalue weighted by atomic mass is 79.9. The van der Waals surface area contributed by atoms with E-state index < -0.39 is 0 Å². The molecule has 2 fully saturated rings. The lowest BCUT2D eigenvalue weighted by Crippen LogP contribution is -2.06. The first-order valence-corrected chi connectivity index (χ1v) is 8.34. The third-order valence-corrected chi connectivity index (χ3v) is 6.47. The minimum atomic E-state index is 0.475. The topological polar surface area (TPSA) is 0 Å². The third kappa shape index (κ3) is 2.02. The normalized spacial score (nSPS) is 30.3. The first kappa shape index (κ1) is 12.2. The van der Waals surface area contributed by atoms with Crippen LogP contribution in [0.4, 0.5) is 0 Å². The summed E-state index contributed by atoms with van der Waals surface area (Å²) in [6.07, 6.45) is 4.28. The smallest absolute Gasteiger partial charge is 0.0484 e. The molecule has 0 amide bonds. The number of fused-ring (bicyclic) bond motifs is 2. The second kappa shape index (κ2) is 4.49. The number of hydrogen-bond donors (Lipinski definition) is 0. The molecular formula is C17H16BrCl. The van der Waals surface area contributed by atoms with Gasteiger partial charge in [0.2, 0.25) is 0 Å². The molecular weight excluding hydrogens is 320 g/mol. The van der Waals surface area contributed by atoms with Crippen LogP contribution in [0.15, 0.2) is 36.4 Å². The Kier molecular flexibility index (Phi) is 2.89. The summed E-state index contributed by atoms with van der Waals surface area (Å²) >= 11 is 10.3. The van der Waals surface area contributed by atoms with Crippen LogP contribution in [-0.2, 0) is 0 Å². The average molecular weight is 336 g/mol. The van der Waals surface area contributed by atoms with Gasteiger partial charge in [0.1, 0.15) is 0 Å². The van der Waals surface area contributed by atoms with Crippen molar-refractivity contribution in [1.82, 2.24) is 0 Å². The molecule has 2 aromatic carbocycles. The highest BCUT2D eigenvalue weighted by molar-refractivity contribution is 9.09. The largest absolute Gasteiger partial charge is 0.0837 e. The molecule has 98 valence electrons. The van der Waals surface area contributed by atoms with Crippen LogP contribution >= 0.6 is 27.5 Å². The first-order chi connectivity index (χ1) is 9.24. The molecule has 0 N–H and O–H groups in total. The summed E-state index contributed by atoms with van der Waals surface area (Å²) in [5, 5.41) is 3.33. The predicted octanol–water partition coefficient (Wildman–Crippen LogP) is 5.98. The molecule has 19 heavy (non-hydrogen) atoms. The van der Waals surface area contributed by atoms with Gasteiger partial charge in [0.05, 0.1) is 0 Å². The molecule has 0 spiro atoms. The zero-order valence-electron chi connectivity index (χ0n) is 10.7. The highest BCUT2D eigenvalue weighted by Gasteiger charge is 2.47. The monoisotopic (exact) mass is 334 g/mol. The van der Waals surface area contributed by atoms with Gasteiger partial charge in [-0.25, -0.2) is 0 Å². The van der Waals surface area contributed by atoms with Crippen LogP contribution in [0.1, 0.15) is 29.7 Å². The van der Waals surface area contributed by atoms with Crippen molar-refractivity contribution in [3.05, 3.63) is 47.0 Å². The summed E-state index contributed by atoms with van der Waals surface area (Å²) in [4.78, 5) is 0.475. The standard InChI is InChI=1S/C17H16BrCl/c18-17(12-8-10-7-11(10)9-12)15-5-6-16(19)14-4-2-1-3-13(14)15/h1-6,10-12,17H,7-9H2. The molecule has 0 saturated heterocycles. The molecule has 0 nitrogen and oxygen atoms in total. The van der Waals surface area contributed by atoms with Crippen LogP contribution in [0.25, 0.3) is 10.8 Å². The Morgan fingerprint density at radius 3 is 2.37 bits per heavy atom. The van der Waals surface area contributed by atoms with E-state index in [0.29, 0.717) is 4.83 Å². The molecule has 3 atom stereocenters. The van der Waals surface area contributed by atoms with Gasteiger partial charge in [0.25, 0.3) is 0 Å². The van der Waals surface area contributed by atoms with Crippen LogP contribution < -0.4 is 0 Å². The van der Waals surface area contributed by atoms with Gasteiger partial charge in [-0.1, -0.05) is 57.9 Å². The number of halogens is 2. The van der Waals surface area contributed by atoms with Crippen LogP contribution in [0.2, 0.25) is 5.02 Å². The Morgan fingerprint density at radius 1 is 0.947 bits per heavy atom. The second-order valence-electron chi connectivity index (χ2n) is 6.07. The minimum absolute atomic E-state index is 0.475. The van der Waals surface area contributed by atoms with Crippen molar-refractivity contribution in [2.75, 3.05) is 0 Å². The van der Waals surface area contributed by atoms with E-state index in [9.17, 15) is 0 Å². The van der Waals surface area contributed by atoms with Gasteiger partial charge in [-0.2, -0.15) is 0 Å². The summed E-state index contributed by atoms with van der Waals surface area (Å²) < 4.78 is 0. The van der Waals surface area contributed by atoms with E-state index in [4.69, 9.17) is 11.6 Å². The summed E-state index contributed by atoms with van der Waals surface area (Å²) in [7, 11) is 0. The maximum atomic E-state index is 6.31. The zero-order chi connectivity index (χ0) is 13.0. The van der Waals surface area contributed by atoms with E-state index in [0.717, 1.165) is 22.8 Å². The average Bonchev–Trinajstić information content (AvgIpc) is 3.05. The van der Waals surface area contributed by atoms with Crippen molar-refractivity contribution in [3.8, 4) is 0 Å². The summed E-state index contributed by atoms with van der Waals surface area (Å²) in [6.45, 7) is 0. The van der Waals surface area contributed by atoms with Gasteiger partial charge in [0.15, 0.2) is 0 Å². The fraction of sp³-hybridized carbons (Fsp3) is 0.412. The Hall–Kier alpha value is -0.530. The molecule has 2 aliphatic carbocycles. The van der Waals surface area contributed by atoms with Crippen molar-refractivity contribution in [3.63, 3.8) is 0 Å². The first-order valence-electron chi connectivity index (χ1n) is 7.05. The van der Waals surface area contributed by atoms with Crippen LogP contribution in [-0.4, -0.2) is 0 Å². The number of hydrogen-bond acceptors (Lipinski definition) is 0. The van der Waals surface area contributed by atoms with E-state index in [1.54, 1.807) is 0 Å². The molecule has 2 aliphatic rings. The molecule has 0 radical (unpaired) electrons. The zero-order valence-corrected chi connectivity index (χ0v) is 13.0. The van der Waals surface area contributed by atoms with Gasteiger partial charge in [-0.05, 0) is 54.0 Å². The van der Waals surface area contributed by atoms with Crippen molar-refractivity contribution >= 4 is 38.3 Å². The molecule has 4 rings (SSSR count). The molecule has 0 bridgehead atoms. The van der Waals surface area contributed by atoms with Gasteiger partial charge < -0.3 is 0 Å². The third-order valence-electron chi connectivity index (χ3n) is 4.90. The van der Waals surface area contributed by atoms with E-state index in [1.165, 1.54) is 35.6 Å². The minimum Gasteiger partial charge on any atom is -0.0837 e. The molecule has 0 aromatic heterocycles. The fourth-order valence-electron chi connectivity index (χ4n) is 3.78. The summed E-state index contributed by atoms with van der Waals surface area (Å²) in [5.41, 5.74) is 1.41. The maximum absolute atomic E-state index is 6.31. The van der Waals surface area contributed by atoms with Crippen molar-refractivity contribution in [2.24, 2.45) is 17.8 Å². The predicted molar refractivity (Wildman–Crippen MR) is 84.9 cm³/mol. The van der Waals surface area contributed by atoms with E-state index in [-0.39, 0.29) is 0 Å². The van der Waals surface area contributed by atoms with E-state index in [1.807, 2.05) is 6.07 Å². The van der Waals surface area contributed by atoms with Crippen molar-refractivity contribution in [2.45, 2.75) is 24.1 Å². The summed E-state index contributed by atoms with van der Waals surface area (Å²) in [6, 6.07) is 12.7. The SMILES string of the molecule is Clc1ccc(C(Br)C2CC3CC3C2)c2ccccc12. The molecule has 2 heteroatoms. The Labute approximate surface area is 127 Å². The highest BCUT2D eigenvalue weighted by Crippen LogP contribution is 2.59. The Bertz CT molecular complexity index is 626. The van der Waals surface area contributed by atoms with Crippen LogP contribution in [0.3, 0.4) is 0 Å². The lowest BCUT2D eigenvalue weighted by molar-refractivity contribution is 0.483. The Morgan fingerprint density at radius 2 is 1.63 bits per heavy atom. The number of alkyl halides is 1. The quantitative estimate of drug-likeness (QED) is 0.593. The van der Waals surface area contributed by atoms with Crippen LogP contribution in [0, 0.1) is 17.8 Å². The molecule has 2 aromatic rings. The van der Waals surface area contributed by atoms with Gasteiger partial charge in [-0.15, -0.1) is 0 Å². The van der Waals surface area contributed by atoms with Gasteiger partial charge in [-0.3, -0.25) is 0 Å². The lowest BCUT2D eigenvalue weighted by Gasteiger charge is -2.21.